The summed E-state index contributed by atoms with van der Waals surface area (Å²) in [4.78, 5) is 11.1. The van der Waals surface area contributed by atoms with Crippen LogP contribution in [-0.2, 0) is 10.8 Å². The molecular weight excluding hydrogens is 305 g/mol. The van der Waals surface area contributed by atoms with Gasteiger partial charge in [-0.3, -0.25) is 0 Å². The zero-order chi connectivity index (χ0) is 15.5. The van der Waals surface area contributed by atoms with E-state index in [2.05, 4.69) is 15.0 Å². The molecule has 0 bridgehead atoms. The minimum atomic E-state index is -0.414. The highest BCUT2D eigenvalue weighted by Gasteiger charge is 2.12. The van der Waals surface area contributed by atoms with Gasteiger partial charge in [-0.1, -0.05) is 0 Å². The van der Waals surface area contributed by atoms with Crippen molar-refractivity contribution in [3.8, 4) is 11.6 Å². The predicted molar refractivity (Wildman–Crippen MR) is 83.4 cm³/mol. The highest BCUT2D eigenvalue weighted by Crippen LogP contribution is 2.29. The molecular formula is C15H14FN3O2S. The lowest BCUT2D eigenvalue weighted by Gasteiger charge is -2.07. The van der Waals surface area contributed by atoms with Gasteiger partial charge in [-0.05, 0) is 37.2 Å². The van der Waals surface area contributed by atoms with E-state index in [0.717, 1.165) is 11.2 Å². The number of hydrogen-bond donors (Lipinski definition) is 1. The van der Waals surface area contributed by atoms with Crippen LogP contribution < -0.4 is 4.74 Å². The smallest absolute Gasteiger partial charge is 0.222 e. The minimum Gasteiger partial charge on any atom is -0.436 e. The van der Waals surface area contributed by atoms with Crippen LogP contribution in [0.3, 0.4) is 0 Å². The van der Waals surface area contributed by atoms with E-state index in [1.165, 1.54) is 18.4 Å². The number of rotatable bonds is 5. The molecule has 0 aliphatic heterocycles. The minimum absolute atomic E-state index is 0.127. The highest BCUT2D eigenvalue weighted by atomic mass is 32.2. The molecule has 2 aromatic heterocycles. The zero-order valence-corrected chi connectivity index (χ0v) is 12.9. The van der Waals surface area contributed by atoms with E-state index in [-0.39, 0.29) is 11.6 Å². The standard InChI is InChI=1S/C15H14FN3O2S/c1-9-5-11-12(19-9)3-4-13(15(11)16)21-14-6-10(7-20-22-2)17-8-18-14/h3-6,8,19H,7H2,1-2H3. The summed E-state index contributed by atoms with van der Waals surface area (Å²) in [7, 11) is 0. The largest absolute Gasteiger partial charge is 0.436 e. The van der Waals surface area contributed by atoms with Gasteiger partial charge in [0.2, 0.25) is 5.88 Å². The lowest BCUT2D eigenvalue weighted by Crippen LogP contribution is -1.96. The molecule has 114 valence electrons. The van der Waals surface area contributed by atoms with Crippen LogP contribution in [0.25, 0.3) is 10.9 Å². The number of benzene rings is 1. The Hall–Kier alpha value is -2.12. The Morgan fingerprint density at radius 2 is 2.14 bits per heavy atom. The van der Waals surface area contributed by atoms with Gasteiger partial charge in [-0.15, -0.1) is 0 Å². The second-order valence-electron chi connectivity index (χ2n) is 4.67. The van der Waals surface area contributed by atoms with Crippen molar-refractivity contribution < 1.29 is 13.3 Å². The van der Waals surface area contributed by atoms with Crippen molar-refractivity contribution in [1.29, 1.82) is 0 Å². The van der Waals surface area contributed by atoms with E-state index in [0.29, 0.717) is 17.7 Å². The van der Waals surface area contributed by atoms with Crippen LogP contribution >= 0.6 is 12.0 Å². The van der Waals surface area contributed by atoms with E-state index < -0.39 is 5.82 Å². The summed E-state index contributed by atoms with van der Waals surface area (Å²) in [6.07, 6.45) is 3.19. The Morgan fingerprint density at radius 1 is 1.27 bits per heavy atom. The van der Waals surface area contributed by atoms with Gasteiger partial charge < -0.3 is 13.9 Å². The van der Waals surface area contributed by atoms with Crippen LogP contribution in [0.15, 0.2) is 30.6 Å². The monoisotopic (exact) mass is 319 g/mol. The quantitative estimate of drug-likeness (QED) is 0.721. The van der Waals surface area contributed by atoms with Crippen molar-refractivity contribution in [2.75, 3.05) is 6.26 Å². The number of nitrogens with zero attached hydrogens (tertiary/aromatic N) is 2. The average molecular weight is 319 g/mol. The molecule has 0 spiro atoms. The molecule has 1 aromatic carbocycles. The fourth-order valence-corrected chi connectivity index (χ4v) is 2.35. The maximum Gasteiger partial charge on any atom is 0.222 e. The van der Waals surface area contributed by atoms with Gasteiger partial charge in [-0.2, -0.15) is 0 Å². The fourth-order valence-electron chi connectivity index (χ4n) is 2.11. The van der Waals surface area contributed by atoms with E-state index in [1.54, 1.807) is 24.3 Å². The SMILES string of the molecule is CSOCc1cc(Oc2ccc3[nH]c(C)cc3c2F)ncn1. The molecule has 1 N–H and O–H groups in total. The van der Waals surface area contributed by atoms with E-state index in [1.807, 2.05) is 13.2 Å². The molecule has 5 nitrogen and oxygen atoms in total. The first-order chi connectivity index (χ1) is 10.7. The molecule has 0 amide bonds. The van der Waals surface area contributed by atoms with Crippen molar-refractivity contribution in [2.45, 2.75) is 13.5 Å². The molecule has 0 aliphatic carbocycles. The first-order valence-corrected chi connectivity index (χ1v) is 7.74. The highest BCUT2D eigenvalue weighted by molar-refractivity contribution is 7.93. The van der Waals surface area contributed by atoms with Crippen LogP contribution in [0.2, 0.25) is 0 Å². The molecule has 0 saturated heterocycles. The molecule has 2 heterocycles. The number of ether oxygens (including phenoxy) is 1. The van der Waals surface area contributed by atoms with Crippen molar-refractivity contribution in [1.82, 2.24) is 15.0 Å². The van der Waals surface area contributed by atoms with Gasteiger partial charge in [0.25, 0.3) is 0 Å². The lowest BCUT2D eigenvalue weighted by molar-refractivity contribution is 0.356. The summed E-state index contributed by atoms with van der Waals surface area (Å²) in [5, 5.41) is 0.495. The number of aryl methyl sites for hydroxylation is 1. The topological polar surface area (TPSA) is 60.0 Å². The Kier molecular flexibility index (Phi) is 4.26. The second-order valence-corrected chi connectivity index (χ2v) is 5.24. The Morgan fingerprint density at radius 3 is 2.95 bits per heavy atom. The average Bonchev–Trinajstić information content (AvgIpc) is 2.90. The number of aromatic nitrogens is 3. The normalized spacial score (nSPS) is 11.0. The van der Waals surface area contributed by atoms with Crippen LogP contribution in [0.4, 0.5) is 4.39 Å². The summed E-state index contributed by atoms with van der Waals surface area (Å²) in [6, 6.07) is 6.73. The molecule has 0 aliphatic rings. The first kappa shape index (κ1) is 14.8. The molecule has 3 rings (SSSR count). The summed E-state index contributed by atoms with van der Waals surface area (Å²) in [6.45, 7) is 2.21. The summed E-state index contributed by atoms with van der Waals surface area (Å²) >= 11 is 1.25. The predicted octanol–water partition coefficient (Wildman–Crippen LogP) is 3.99. The van der Waals surface area contributed by atoms with Gasteiger partial charge in [0.05, 0.1) is 5.69 Å². The maximum absolute atomic E-state index is 14.5. The number of H-pyrrole nitrogens is 1. The molecule has 3 aromatic rings. The zero-order valence-electron chi connectivity index (χ0n) is 12.1. The molecule has 0 saturated carbocycles. The molecule has 0 unspecified atom stereocenters. The molecule has 0 fully saturated rings. The van der Waals surface area contributed by atoms with Gasteiger partial charge in [0, 0.05) is 28.9 Å². The van der Waals surface area contributed by atoms with E-state index >= 15 is 0 Å². The molecule has 22 heavy (non-hydrogen) atoms. The van der Waals surface area contributed by atoms with E-state index in [4.69, 9.17) is 8.92 Å². The molecule has 7 heteroatoms. The van der Waals surface area contributed by atoms with Gasteiger partial charge >= 0.3 is 0 Å². The summed E-state index contributed by atoms with van der Waals surface area (Å²) in [5.74, 6) is -0.00970. The van der Waals surface area contributed by atoms with Crippen LogP contribution in [0.1, 0.15) is 11.4 Å². The number of halogens is 1. The molecule has 0 atom stereocenters. The maximum atomic E-state index is 14.5. The summed E-state index contributed by atoms with van der Waals surface area (Å²) < 4.78 is 25.2. The lowest BCUT2D eigenvalue weighted by atomic mass is 10.2. The third-order valence-electron chi connectivity index (χ3n) is 3.07. The van der Waals surface area contributed by atoms with Crippen molar-refractivity contribution >= 4 is 22.9 Å². The Balaban J connectivity index is 1.88. The van der Waals surface area contributed by atoms with Gasteiger partial charge in [0.1, 0.15) is 12.9 Å². The number of nitrogens with one attached hydrogen (secondary N) is 1. The van der Waals surface area contributed by atoms with Crippen molar-refractivity contribution in [2.24, 2.45) is 0 Å². The van der Waals surface area contributed by atoms with Crippen LogP contribution in [-0.4, -0.2) is 21.2 Å². The Labute approximate surface area is 131 Å². The number of fused-ring (bicyclic) bond motifs is 1. The third-order valence-corrected chi connectivity index (χ3v) is 3.43. The number of aromatic amines is 1. The van der Waals surface area contributed by atoms with Crippen LogP contribution in [0, 0.1) is 12.7 Å². The fraction of sp³-hybridized carbons (Fsp3) is 0.200. The van der Waals surface area contributed by atoms with Gasteiger partial charge in [0.15, 0.2) is 11.6 Å². The number of hydrogen-bond acceptors (Lipinski definition) is 5. The summed E-state index contributed by atoms with van der Waals surface area (Å²) in [5.41, 5.74) is 2.29. The van der Waals surface area contributed by atoms with Crippen molar-refractivity contribution in [3.05, 3.63) is 47.8 Å². The molecule has 0 radical (unpaired) electrons. The third kappa shape index (κ3) is 3.05. The second kappa shape index (κ2) is 6.33. The van der Waals surface area contributed by atoms with Crippen LogP contribution in [0.5, 0.6) is 11.6 Å². The van der Waals surface area contributed by atoms with E-state index in [9.17, 15) is 4.39 Å². The Bertz CT molecular complexity index is 807. The van der Waals surface area contributed by atoms with Gasteiger partial charge in [-0.25, -0.2) is 14.4 Å². The van der Waals surface area contributed by atoms with Crippen molar-refractivity contribution in [3.63, 3.8) is 0 Å². The first-order valence-electron chi connectivity index (χ1n) is 6.59.